The summed E-state index contributed by atoms with van der Waals surface area (Å²) >= 11 is 0. The van der Waals surface area contributed by atoms with Crippen molar-refractivity contribution in [1.29, 1.82) is 0 Å². The third kappa shape index (κ3) is 1.45. The molecule has 0 spiro atoms. The Hall–Kier alpha value is -1.19. The van der Waals surface area contributed by atoms with Crippen LogP contribution < -0.4 is 4.74 Å². The van der Waals surface area contributed by atoms with Gasteiger partial charge in [0.2, 0.25) is 5.82 Å². The van der Waals surface area contributed by atoms with E-state index < -0.39 is 23.2 Å². The van der Waals surface area contributed by atoms with Crippen LogP contribution in [-0.2, 0) is 0 Å². The Morgan fingerprint density at radius 3 is 2.36 bits per heavy atom. The summed E-state index contributed by atoms with van der Waals surface area (Å²) in [5.41, 5.74) is 0. The highest BCUT2D eigenvalue weighted by atomic mass is 19.2. The minimum absolute atomic E-state index is 0.428. The van der Waals surface area contributed by atoms with Gasteiger partial charge in [-0.05, 0) is 0 Å². The molecule has 0 unspecified atom stereocenters. The Kier molecular flexibility index (Phi) is 2.03. The first-order chi connectivity index (χ1) is 5.15. The van der Waals surface area contributed by atoms with Gasteiger partial charge in [0, 0.05) is 12.1 Å². The maximum Gasteiger partial charge on any atom is 0.200 e. The molecule has 0 heterocycles. The third-order valence-corrected chi connectivity index (χ3v) is 1.18. The highest BCUT2D eigenvalue weighted by Crippen LogP contribution is 2.20. The summed E-state index contributed by atoms with van der Waals surface area (Å²) in [6.07, 6.45) is 0. The van der Waals surface area contributed by atoms with Crippen molar-refractivity contribution in [3.63, 3.8) is 0 Å². The second-order valence-corrected chi connectivity index (χ2v) is 1.90. The zero-order valence-electron chi connectivity index (χ0n) is 5.70. The van der Waals surface area contributed by atoms with E-state index in [4.69, 9.17) is 0 Å². The van der Waals surface area contributed by atoms with Crippen molar-refractivity contribution in [2.45, 2.75) is 0 Å². The van der Waals surface area contributed by atoms with E-state index in [1.807, 2.05) is 0 Å². The first-order valence-corrected chi connectivity index (χ1v) is 2.83. The lowest BCUT2D eigenvalue weighted by molar-refractivity contribution is 0.366. The molecule has 0 saturated heterocycles. The van der Waals surface area contributed by atoms with Gasteiger partial charge in [0.15, 0.2) is 11.6 Å². The topological polar surface area (TPSA) is 9.23 Å². The molecule has 0 aliphatic carbocycles. The van der Waals surface area contributed by atoms with E-state index in [1.165, 1.54) is 0 Å². The zero-order chi connectivity index (χ0) is 8.43. The van der Waals surface area contributed by atoms with Gasteiger partial charge in [0.1, 0.15) is 5.82 Å². The van der Waals surface area contributed by atoms with Crippen molar-refractivity contribution in [2.24, 2.45) is 0 Å². The van der Waals surface area contributed by atoms with Gasteiger partial charge in [-0.25, -0.2) is 8.78 Å². The maximum atomic E-state index is 12.5. The molecule has 0 fully saturated rings. The Bertz CT molecular complexity index is 273. The van der Waals surface area contributed by atoms with Crippen LogP contribution in [0.25, 0.3) is 0 Å². The van der Waals surface area contributed by atoms with Crippen molar-refractivity contribution in [3.05, 3.63) is 29.6 Å². The van der Waals surface area contributed by atoms with Crippen molar-refractivity contribution < 1.29 is 17.9 Å². The van der Waals surface area contributed by atoms with Gasteiger partial charge < -0.3 is 4.74 Å². The van der Waals surface area contributed by atoms with Gasteiger partial charge in [0.25, 0.3) is 0 Å². The summed E-state index contributed by atoms with van der Waals surface area (Å²) in [6.45, 7) is 0. The van der Waals surface area contributed by atoms with Crippen molar-refractivity contribution in [2.75, 3.05) is 7.11 Å². The molecule has 0 amide bonds. The van der Waals surface area contributed by atoms with Gasteiger partial charge in [0.05, 0.1) is 7.11 Å². The predicted octanol–water partition coefficient (Wildman–Crippen LogP) is 2.11. The molecule has 0 radical (unpaired) electrons. The number of halogens is 3. The van der Waals surface area contributed by atoms with Crippen molar-refractivity contribution in [3.8, 4) is 5.75 Å². The minimum atomic E-state index is -1.25. The number of rotatable bonds is 1. The fourth-order valence-corrected chi connectivity index (χ4v) is 0.681. The van der Waals surface area contributed by atoms with E-state index in [1.54, 1.807) is 0 Å². The number of hydrogen-bond acceptors (Lipinski definition) is 1. The fourth-order valence-electron chi connectivity index (χ4n) is 0.681. The summed E-state index contributed by atoms with van der Waals surface area (Å²) in [5, 5.41) is 0. The van der Waals surface area contributed by atoms with Crippen molar-refractivity contribution in [1.82, 2.24) is 0 Å². The number of benzene rings is 1. The lowest BCUT2D eigenvalue weighted by Gasteiger charge is -2.01. The number of hydrogen-bond donors (Lipinski definition) is 0. The SMILES string of the molecule is COc1cc(F)cc(F)c1F. The van der Waals surface area contributed by atoms with Gasteiger partial charge in [-0.3, -0.25) is 0 Å². The second-order valence-electron chi connectivity index (χ2n) is 1.90. The molecule has 1 aromatic carbocycles. The first-order valence-electron chi connectivity index (χ1n) is 2.83. The van der Waals surface area contributed by atoms with Crippen LogP contribution in [0, 0.1) is 17.5 Å². The molecule has 0 saturated carbocycles. The monoisotopic (exact) mass is 162 g/mol. The Labute approximate surface area is 61.4 Å². The highest BCUT2D eigenvalue weighted by molar-refractivity contribution is 5.25. The van der Waals surface area contributed by atoms with E-state index in [0.717, 1.165) is 13.2 Å². The van der Waals surface area contributed by atoms with Gasteiger partial charge in [-0.15, -0.1) is 0 Å². The summed E-state index contributed by atoms with van der Waals surface area (Å²) in [4.78, 5) is 0. The molecule has 0 bridgehead atoms. The molecule has 11 heavy (non-hydrogen) atoms. The van der Waals surface area contributed by atoms with Crippen LogP contribution in [-0.4, -0.2) is 7.11 Å². The highest BCUT2D eigenvalue weighted by Gasteiger charge is 2.10. The Balaban J connectivity index is 3.24. The molecule has 0 aromatic heterocycles. The molecule has 60 valence electrons. The molecule has 1 aromatic rings. The summed E-state index contributed by atoms with van der Waals surface area (Å²) in [6, 6.07) is 1.23. The molecule has 1 nitrogen and oxygen atoms in total. The van der Waals surface area contributed by atoms with Crippen LogP contribution in [0.1, 0.15) is 0 Å². The Morgan fingerprint density at radius 2 is 1.82 bits per heavy atom. The predicted molar refractivity (Wildman–Crippen MR) is 32.9 cm³/mol. The second kappa shape index (κ2) is 2.82. The zero-order valence-corrected chi connectivity index (χ0v) is 5.70. The van der Waals surface area contributed by atoms with Crippen LogP contribution in [0.15, 0.2) is 12.1 Å². The smallest absolute Gasteiger partial charge is 0.200 e. The van der Waals surface area contributed by atoms with E-state index in [2.05, 4.69) is 4.74 Å². The lowest BCUT2D eigenvalue weighted by atomic mass is 10.3. The molecule has 4 heteroatoms. The number of methoxy groups -OCH3 is 1. The molecule has 0 aliphatic heterocycles. The largest absolute Gasteiger partial charge is 0.493 e. The summed E-state index contributed by atoms with van der Waals surface area (Å²) in [7, 11) is 1.14. The summed E-state index contributed by atoms with van der Waals surface area (Å²) < 4.78 is 41.5. The van der Waals surface area contributed by atoms with Gasteiger partial charge in [-0.1, -0.05) is 0 Å². The van der Waals surface area contributed by atoms with E-state index >= 15 is 0 Å². The standard InChI is InChI=1S/C7H5F3O/c1-11-6-3-4(8)2-5(9)7(6)10/h2-3H,1H3. The molecule has 0 aliphatic rings. The molecular formula is C7H5F3O. The normalized spacial score (nSPS) is 9.82. The van der Waals surface area contributed by atoms with Crippen LogP contribution in [0.2, 0.25) is 0 Å². The van der Waals surface area contributed by atoms with Crippen molar-refractivity contribution >= 4 is 0 Å². The molecule has 0 atom stereocenters. The van der Waals surface area contributed by atoms with Gasteiger partial charge in [-0.2, -0.15) is 4.39 Å². The van der Waals surface area contributed by atoms with E-state index in [0.29, 0.717) is 6.07 Å². The average molecular weight is 162 g/mol. The van der Waals surface area contributed by atoms with Crippen LogP contribution in [0.4, 0.5) is 13.2 Å². The maximum absolute atomic E-state index is 12.5. The fraction of sp³-hybridized carbons (Fsp3) is 0.143. The quantitative estimate of drug-likeness (QED) is 0.574. The third-order valence-electron chi connectivity index (χ3n) is 1.18. The van der Waals surface area contributed by atoms with Crippen LogP contribution >= 0.6 is 0 Å². The molecule has 0 N–H and O–H groups in total. The van der Waals surface area contributed by atoms with Gasteiger partial charge >= 0.3 is 0 Å². The number of ether oxygens (including phenoxy) is 1. The summed E-state index contributed by atoms with van der Waals surface area (Å²) in [5.74, 6) is -3.71. The first kappa shape index (κ1) is 7.91. The molecule has 1 rings (SSSR count). The lowest BCUT2D eigenvalue weighted by Crippen LogP contribution is -1.93. The van der Waals surface area contributed by atoms with Crippen LogP contribution in [0.5, 0.6) is 5.75 Å². The minimum Gasteiger partial charge on any atom is -0.493 e. The average Bonchev–Trinajstić information content (AvgIpc) is 1.96. The Morgan fingerprint density at radius 1 is 1.18 bits per heavy atom. The van der Waals surface area contributed by atoms with E-state index in [-0.39, 0.29) is 0 Å². The van der Waals surface area contributed by atoms with Crippen LogP contribution in [0.3, 0.4) is 0 Å². The molecular weight excluding hydrogens is 157 g/mol. The van der Waals surface area contributed by atoms with E-state index in [9.17, 15) is 13.2 Å².